The van der Waals surface area contributed by atoms with Crippen LogP contribution < -0.4 is 0 Å². The Bertz CT molecular complexity index is 119. The van der Waals surface area contributed by atoms with Gasteiger partial charge >= 0.3 is 0 Å². The van der Waals surface area contributed by atoms with E-state index in [1.54, 1.807) is 6.20 Å². The fourth-order valence-electron chi connectivity index (χ4n) is 0.502. The quantitative estimate of drug-likeness (QED) is 0.438. The van der Waals surface area contributed by atoms with Gasteiger partial charge in [-0.3, -0.25) is 0 Å². The lowest BCUT2D eigenvalue weighted by atomic mass is 10.3. The summed E-state index contributed by atoms with van der Waals surface area (Å²) in [5, 5.41) is 0. The van der Waals surface area contributed by atoms with E-state index in [2.05, 4.69) is 4.99 Å². The van der Waals surface area contributed by atoms with Crippen molar-refractivity contribution in [1.82, 2.24) is 0 Å². The van der Waals surface area contributed by atoms with Crippen molar-refractivity contribution in [2.24, 2.45) is 4.99 Å². The van der Waals surface area contributed by atoms with Gasteiger partial charge in [0.05, 0.1) is 0 Å². The van der Waals surface area contributed by atoms with Gasteiger partial charge in [-0.1, -0.05) is 0 Å². The zero-order valence-corrected chi connectivity index (χ0v) is 4.11. The normalized spacial score (nSPS) is 19.1. The first-order valence-corrected chi connectivity index (χ1v) is 2.17. The van der Waals surface area contributed by atoms with Crippen LogP contribution in [0.5, 0.6) is 0 Å². The van der Waals surface area contributed by atoms with Gasteiger partial charge in [0.25, 0.3) is 0 Å². The maximum atomic E-state index is 11.9. The minimum absolute atomic E-state index is 0.266. The first kappa shape index (κ1) is 4.50. The van der Waals surface area contributed by atoms with Crippen molar-refractivity contribution >= 4 is 5.97 Å². The van der Waals surface area contributed by atoms with E-state index in [1.807, 2.05) is 6.92 Å². The third kappa shape index (κ3) is 0.856. The molecule has 0 aromatic rings. The van der Waals surface area contributed by atoms with E-state index >= 15 is 0 Å². The van der Waals surface area contributed by atoms with Gasteiger partial charge in [0.2, 0.25) is 0 Å². The van der Waals surface area contributed by atoms with Crippen LogP contribution in [-0.4, -0.2) is 5.97 Å². The van der Waals surface area contributed by atoms with E-state index in [-0.39, 0.29) is 5.97 Å². The smallest absolute Gasteiger partial charge is 0.193 e. The molecular weight excluding hydrogens is 93.1 g/mol. The number of hydrogen-bond donors (Lipinski definition) is 0. The van der Waals surface area contributed by atoms with Crippen LogP contribution in [0.25, 0.3) is 0 Å². The SMILES string of the molecule is CC1=CN=C(F)C1. The summed E-state index contributed by atoms with van der Waals surface area (Å²) < 4.78 is 11.9. The lowest BCUT2D eigenvalue weighted by Crippen LogP contribution is -1.79. The molecule has 0 aliphatic carbocycles. The molecule has 0 spiro atoms. The van der Waals surface area contributed by atoms with Crippen molar-refractivity contribution in [3.63, 3.8) is 0 Å². The molecule has 1 nitrogen and oxygen atoms in total. The summed E-state index contributed by atoms with van der Waals surface area (Å²) in [4.78, 5) is 3.41. The highest BCUT2D eigenvalue weighted by atomic mass is 19.1. The molecule has 1 rings (SSSR count). The largest absolute Gasteiger partial charge is 0.232 e. The molecule has 0 radical (unpaired) electrons. The van der Waals surface area contributed by atoms with Gasteiger partial charge in [0.1, 0.15) is 0 Å². The Balaban J connectivity index is 2.61. The van der Waals surface area contributed by atoms with Crippen molar-refractivity contribution in [2.45, 2.75) is 13.3 Å². The average molecular weight is 99.1 g/mol. The second-order valence-corrected chi connectivity index (χ2v) is 1.66. The Morgan fingerprint density at radius 3 is 2.71 bits per heavy atom. The maximum Gasteiger partial charge on any atom is 0.193 e. The number of rotatable bonds is 0. The van der Waals surface area contributed by atoms with E-state index in [0.717, 1.165) is 5.57 Å². The molecule has 0 amide bonds. The Morgan fingerprint density at radius 2 is 2.57 bits per heavy atom. The lowest BCUT2D eigenvalue weighted by Gasteiger charge is -1.80. The summed E-state index contributed by atoms with van der Waals surface area (Å²) in [5.41, 5.74) is 0.998. The van der Waals surface area contributed by atoms with Crippen LogP contribution in [0.15, 0.2) is 16.8 Å². The number of halogens is 1. The Morgan fingerprint density at radius 1 is 1.86 bits per heavy atom. The highest BCUT2D eigenvalue weighted by Crippen LogP contribution is 2.09. The van der Waals surface area contributed by atoms with Crippen LogP contribution in [0.3, 0.4) is 0 Å². The number of nitrogens with zero attached hydrogens (tertiary/aromatic N) is 1. The molecule has 0 unspecified atom stereocenters. The molecule has 7 heavy (non-hydrogen) atoms. The molecule has 1 heterocycles. The molecule has 0 aromatic heterocycles. The summed E-state index contributed by atoms with van der Waals surface area (Å²) in [5.74, 6) is -0.266. The molecular formula is C5H6FN. The van der Waals surface area contributed by atoms with Crippen molar-refractivity contribution in [3.05, 3.63) is 11.8 Å². The first-order chi connectivity index (χ1) is 3.29. The Kier molecular flexibility index (Phi) is 0.929. The molecule has 1 aliphatic rings. The zero-order valence-electron chi connectivity index (χ0n) is 4.11. The average Bonchev–Trinajstić information content (AvgIpc) is 1.87. The van der Waals surface area contributed by atoms with Crippen molar-refractivity contribution < 1.29 is 4.39 Å². The second kappa shape index (κ2) is 1.45. The van der Waals surface area contributed by atoms with Gasteiger partial charge < -0.3 is 0 Å². The molecule has 38 valence electrons. The van der Waals surface area contributed by atoms with Crippen molar-refractivity contribution in [1.29, 1.82) is 0 Å². The van der Waals surface area contributed by atoms with Crippen LogP contribution >= 0.6 is 0 Å². The van der Waals surface area contributed by atoms with Crippen molar-refractivity contribution in [3.8, 4) is 0 Å². The van der Waals surface area contributed by atoms with Crippen LogP contribution in [0.1, 0.15) is 13.3 Å². The number of hydrogen-bond acceptors (Lipinski definition) is 1. The van der Waals surface area contributed by atoms with E-state index in [4.69, 9.17) is 0 Å². The predicted molar refractivity (Wildman–Crippen MR) is 26.9 cm³/mol. The van der Waals surface area contributed by atoms with Crippen molar-refractivity contribution in [2.75, 3.05) is 0 Å². The molecule has 0 atom stereocenters. The van der Waals surface area contributed by atoms with Crippen LogP contribution in [0.4, 0.5) is 4.39 Å². The summed E-state index contributed by atoms with van der Waals surface area (Å²) in [6.45, 7) is 1.86. The monoisotopic (exact) mass is 99.0 g/mol. The van der Waals surface area contributed by atoms with E-state index in [1.165, 1.54) is 0 Å². The third-order valence-electron chi connectivity index (χ3n) is 0.850. The zero-order chi connectivity index (χ0) is 5.28. The molecule has 0 saturated heterocycles. The summed E-state index contributed by atoms with van der Waals surface area (Å²) in [6, 6.07) is 0. The van der Waals surface area contributed by atoms with Gasteiger partial charge in [-0.15, -0.1) is 0 Å². The summed E-state index contributed by atoms with van der Waals surface area (Å²) >= 11 is 0. The molecule has 0 bridgehead atoms. The molecule has 2 heteroatoms. The van der Waals surface area contributed by atoms with Crippen LogP contribution in [0.2, 0.25) is 0 Å². The molecule has 0 saturated carbocycles. The standard InChI is InChI=1S/C5H6FN/c1-4-2-5(6)7-3-4/h3H,2H2,1H3. The fourth-order valence-corrected chi connectivity index (χ4v) is 0.502. The molecule has 0 N–H and O–H groups in total. The Hall–Kier alpha value is -0.660. The topological polar surface area (TPSA) is 12.4 Å². The highest BCUT2D eigenvalue weighted by Gasteiger charge is 2.02. The van der Waals surface area contributed by atoms with Gasteiger partial charge in [0.15, 0.2) is 5.97 Å². The highest BCUT2D eigenvalue weighted by molar-refractivity contribution is 5.80. The fraction of sp³-hybridized carbons (Fsp3) is 0.400. The minimum Gasteiger partial charge on any atom is -0.232 e. The lowest BCUT2D eigenvalue weighted by molar-refractivity contribution is 0.786. The Labute approximate surface area is 41.6 Å². The maximum absolute atomic E-state index is 11.9. The van der Waals surface area contributed by atoms with Gasteiger partial charge in [-0.2, -0.15) is 4.39 Å². The third-order valence-corrected chi connectivity index (χ3v) is 0.850. The molecule has 0 fully saturated rings. The second-order valence-electron chi connectivity index (χ2n) is 1.66. The van der Waals surface area contributed by atoms with Crippen LogP contribution in [-0.2, 0) is 0 Å². The van der Waals surface area contributed by atoms with Crippen LogP contribution in [0, 0.1) is 0 Å². The first-order valence-electron chi connectivity index (χ1n) is 2.17. The molecule has 0 aromatic carbocycles. The summed E-state index contributed by atoms with van der Waals surface area (Å²) in [6.07, 6.45) is 1.97. The van der Waals surface area contributed by atoms with Gasteiger partial charge in [0, 0.05) is 12.6 Å². The van der Waals surface area contributed by atoms with Gasteiger partial charge in [-0.25, -0.2) is 4.99 Å². The van der Waals surface area contributed by atoms with E-state index < -0.39 is 0 Å². The molecule has 1 aliphatic heterocycles. The van der Waals surface area contributed by atoms with E-state index in [9.17, 15) is 4.39 Å². The van der Waals surface area contributed by atoms with Gasteiger partial charge in [-0.05, 0) is 12.5 Å². The number of allylic oxidation sites excluding steroid dienone is 1. The summed E-state index contributed by atoms with van der Waals surface area (Å²) in [7, 11) is 0. The minimum atomic E-state index is -0.266. The van der Waals surface area contributed by atoms with E-state index in [0.29, 0.717) is 6.42 Å². The predicted octanol–water partition coefficient (Wildman–Crippen LogP) is 1.66. The number of aliphatic imine (C=N–C) groups is 1.